The molecule has 1 aliphatic heterocycles. The highest BCUT2D eigenvalue weighted by molar-refractivity contribution is 7.89. The fraction of sp³-hybridized carbons (Fsp3) is 0.640. The Bertz CT molecular complexity index is 1010. The third-order valence-electron chi connectivity index (χ3n) is 5.74. The van der Waals surface area contributed by atoms with Gasteiger partial charge in [0.2, 0.25) is 15.9 Å². The van der Waals surface area contributed by atoms with Gasteiger partial charge < -0.3 is 19.6 Å². The van der Waals surface area contributed by atoms with Gasteiger partial charge in [0.1, 0.15) is 16.7 Å². The van der Waals surface area contributed by atoms with Gasteiger partial charge in [0.05, 0.1) is 19.7 Å². The number of hydrogen-bond acceptors (Lipinski definition) is 6. The van der Waals surface area contributed by atoms with Crippen LogP contribution in [0.3, 0.4) is 0 Å². The average Bonchev–Trinajstić information content (AvgIpc) is 2.74. The van der Waals surface area contributed by atoms with Crippen molar-refractivity contribution in [3.63, 3.8) is 0 Å². The van der Waals surface area contributed by atoms with Crippen LogP contribution in [-0.4, -0.2) is 93.1 Å². The molecule has 0 spiro atoms. The SMILES string of the molecule is CC(C)CC#Cc1ccc2c(c1)O[C@H](CN(C)C(=O)CN(C)C)[C@@H](C)CN([C@H](C)CO)S2(=O)=O. The van der Waals surface area contributed by atoms with Crippen LogP contribution in [0.2, 0.25) is 0 Å². The third-order valence-corrected chi connectivity index (χ3v) is 7.76. The van der Waals surface area contributed by atoms with Gasteiger partial charge in [-0.1, -0.05) is 32.6 Å². The molecule has 0 saturated carbocycles. The summed E-state index contributed by atoms with van der Waals surface area (Å²) in [5.74, 6) is 6.58. The van der Waals surface area contributed by atoms with Crippen LogP contribution >= 0.6 is 0 Å². The molecule has 1 heterocycles. The summed E-state index contributed by atoms with van der Waals surface area (Å²) in [6, 6.07) is 4.27. The fourth-order valence-corrected chi connectivity index (χ4v) is 5.47. The normalized spacial score (nSPS) is 21.0. The first kappa shape index (κ1) is 28.1. The second kappa shape index (κ2) is 12.0. The molecule has 2 rings (SSSR count). The number of nitrogens with zero attached hydrogens (tertiary/aromatic N) is 3. The smallest absolute Gasteiger partial charge is 0.247 e. The molecule has 0 saturated heterocycles. The molecule has 0 unspecified atom stereocenters. The van der Waals surface area contributed by atoms with Crippen molar-refractivity contribution in [2.75, 3.05) is 47.4 Å². The number of carbonyl (C=O) groups is 1. The predicted molar refractivity (Wildman–Crippen MR) is 133 cm³/mol. The number of ether oxygens (including phenoxy) is 1. The number of aliphatic hydroxyl groups excluding tert-OH is 1. The van der Waals surface area contributed by atoms with Crippen molar-refractivity contribution in [3.8, 4) is 17.6 Å². The molecule has 1 aromatic carbocycles. The molecule has 1 amide bonds. The molecule has 190 valence electrons. The van der Waals surface area contributed by atoms with Crippen molar-refractivity contribution < 1.29 is 23.1 Å². The van der Waals surface area contributed by atoms with Crippen LogP contribution in [0.4, 0.5) is 0 Å². The minimum Gasteiger partial charge on any atom is -0.487 e. The minimum absolute atomic E-state index is 0.0429. The molecule has 0 fully saturated rings. The van der Waals surface area contributed by atoms with E-state index >= 15 is 0 Å². The average molecular weight is 494 g/mol. The van der Waals surface area contributed by atoms with Crippen LogP contribution in [0.15, 0.2) is 23.1 Å². The van der Waals surface area contributed by atoms with Crippen molar-refractivity contribution in [1.29, 1.82) is 0 Å². The third kappa shape index (κ3) is 7.19. The Morgan fingerprint density at radius 1 is 1.26 bits per heavy atom. The zero-order valence-corrected chi connectivity index (χ0v) is 22.2. The number of likely N-dealkylation sites (N-methyl/N-ethyl adjacent to an activating group) is 2. The summed E-state index contributed by atoms with van der Waals surface area (Å²) >= 11 is 0. The van der Waals surface area contributed by atoms with E-state index < -0.39 is 22.2 Å². The number of rotatable bonds is 7. The second-order valence-electron chi connectivity index (χ2n) is 9.81. The number of benzene rings is 1. The number of hydrogen-bond donors (Lipinski definition) is 1. The molecule has 0 bridgehead atoms. The molecule has 1 aliphatic rings. The van der Waals surface area contributed by atoms with Gasteiger partial charge in [-0.15, -0.1) is 0 Å². The topological polar surface area (TPSA) is 90.4 Å². The lowest BCUT2D eigenvalue weighted by molar-refractivity contribution is -0.132. The van der Waals surface area contributed by atoms with Crippen LogP contribution in [-0.2, 0) is 14.8 Å². The van der Waals surface area contributed by atoms with E-state index in [1.165, 1.54) is 10.4 Å². The number of fused-ring (bicyclic) bond motifs is 1. The molecule has 1 N–H and O–H groups in total. The van der Waals surface area contributed by atoms with E-state index in [1.807, 2.05) is 21.0 Å². The Kier molecular flexibility index (Phi) is 9.95. The maximum Gasteiger partial charge on any atom is 0.247 e. The molecule has 1 aromatic rings. The molecule has 0 aromatic heterocycles. The summed E-state index contributed by atoms with van der Waals surface area (Å²) in [6.07, 6.45) is 0.286. The molecule has 9 heteroatoms. The summed E-state index contributed by atoms with van der Waals surface area (Å²) in [7, 11) is 1.48. The lowest BCUT2D eigenvalue weighted by Gasteiger charge is -2.37. The van der Waals surface area contributed by atoms with Gasteiger partial charge in [-0.25, -0.2) is 8.42 Å². The van der Waals surface area contributed by atoms with E-state index in [1.54, 1.807) is 35.9 Å². The van der Waals surface area contributed by atoms with Crippen LogP contribution in [0, 0.1) is 23.7 Å². The van der Waals surface area contributed by atoms with Crippen molar-refractivity contribution in [2.45, 2.75) is 51.2 Å². The summed E-state index contributed by atoms with van der Waals surface area (Å²) < 4.78 is 34.7. The zero-order chi connectivity index (χ0) is 25.6. The summed E-state index contributed by atoms with van der Waals surface area (Å²) in [6.45, 7) is 8.19. The van der Waals surface area contributed by atoms with Crippen LogP contribution < -0.4 is 4.74 Å². The van der Waals surface area contributed by atoms with E-state index in [-0.39, 0.29) is 42.2 Å². The fourth-order valence-electron chi connectivity index (χ4n) is 3.64. The van der Waals surface area contributed by atoms with Gasteiger partial charge in [-0.2, -0.15) is 4.31 Å². The number of amides is 1. The molecule has 8 nitrogen and oxygen atoms in total. The summed E-state index contributed by atoms with van der Waals surface area (Å²) in [5.41, 5.74) is 0.667. The lowest BCUT2D eigenvalue weighted by Crippen LogP contribution is -2.50. The van der Waals surface area contributed by atoms with Gasteiger partial charge >= 0.3 is 0 Å². The standard InChI is InChI=1S/C25H39N3O5S/c1-18(2)9-8-10-21-11-12-24-22(13-21)33-23(15-27(7)25(30)16-26(5)6)19(3)14-28(20(4)17-29)34(24,31)32/h11-13,18-20,23,29H,9,14-17H2,1-7H3/t19-,20+,23+/m0/s1. The molecule has 0 aliphatic carbocycles. The second-order valence-corrected chi connectivity index (χ2v) is 11.7. The number of carbonyl (C=O) groups excluding carboxylic acids is 1. The number of sulfonamides is 1. The first-order valence-electron chi connectivity index (χ1n) is 11.7. The van der Waals surface area contributed by atoms with Crippen molar-refractivity contribution in [3.05, 3.63) is 23.8 Å². The lowest BCUT2D eigenvalue weighted by atomic mass is 10.0. The van der Waals surface area contributed by atoms with E-state index in [4.69, 9.17) is 4.74 Å². The Morgan fingerprint density at radius 2 is 1.94 bits per heavy atom. The molecule has 0 radical (unpaired) electrons. The summed E-state index contributed by atoms with van der Waals surface area (Å²) in [5, 5.41) is 9.76. The monoisotopic (exact) mass is 493 g/mol. The Hall–Kier alpha value is -2.12. The van der Waals surface area contributed by atoms with Gasteiger partial charge in [-0.3, -0.25) is 4.79 Å². The van der Waals surface area contributed by atoms with Crippen molar-refractivity contribution in [1.82, 2.24) is 14.1 Å². The highest BCUT2D eigenvalue weighted by Crippen LogP contribution is 2.34. The molecular formula is C25H39N3O5S. The molecule has 3 atom stereocenters. The summed E-state index contributed by atoms with van der Waals surface area (Å²) in [4.78, 5) is 16.0. The molecule has 34 heavy (non-hydrogen) atoms. The highest BCUT2D eigenvalue weighted by atomic mass is 32.2. The Labute approximate surface area is 204 Å². The number of aliphatic hydroxyl groups is 1. The highest BCUT2D eigenvalue weighted by Gasteiger charge is 2.38. The predicted octanol–water partition coefficient (Wildman–Crippen LogP) is 1.87. The Morgan fingerprint density at radius 3 is 2.53 bits per heavy atom. The van der Waals surface area contributed by atoms with E-state index in [0.717, 1.165) is 6.42 Å². The van der Waals surface area contributed by atoms with Crippen LogP contribution in [0.5, 0.6) is 5.75 Å². The van der Waals surface area contributed by atoms with Gasteiger partial charge in [0, 0.05) is 37.5 Å². The first-order valence-corrected chi connectivity index (χ1v) is 13.1. The van der Waals surface area contributed by atoms with Crippen LogP contribution in [0.25, 0.3) is 0 Å². The van der Waals surface area contributed by atoms with Gasteiger partial charge in [0.15, 0.2) is 0 Å². The van der Waals surface area contributed by atoms with Gasteiger partial charge in [-0.05, 0) is 45.1 Å². The largest absolute Gasteiger partial charge is 0.487 e. The van der Waals surface area contributed by atoms with E-state index in [9.17, 15) is 18.3 Å². The quantitative estimate of drug-likeness (QED) is 0.584. The minimum atomic E-state index is -3.91. The first-order chi connectivity index (χ1) is 15.9. The maximum atomic E-state index is 13.5. The van der Waals surface area contributed by atoms with Crippen LogP contribution in [0.1, 0.15) is 39.7 Å². The van der Waals surface area contributed by atoms with Crippen molar-refractivity contribution >= 4 is 15.9 Å². The Balaban J connectivity index is 2.50. The zero-order valence-electron chi connectivity index (χ0n) is 21.4. The molecular weight excluding hydrogens is 454 g/mol. The maximum absolute atomic E-state index is 13.5. The van der Waals surface area contributed by atoms with E-state index in [0.29, 0.717) is 18.0 Å². The van der Waals surface area contributed by atoms with Gasteiger partial charge in [0.25, 0.3) is 0 Å². The van der Waals surface area contributed by atoms with E-state index in [2.05, 4.69) is 25.7 Å². The van der Waals surface area contributed by atoms with Crippen molar-refractivity contribution in [2.24, 2.45) is 11.8 Å².